The van der Waals surface area contributed by atoms with E-state index in [9.17, 15) is 35.9 Å². The molecule has 13 heteroatoms. The van der Waals surface area contributed by atoms with E-state index in [-0.39, 0.29) is 18.0 Å². The van der Waals surface area contributed by atoms with Gasteiger partial charge in [-0.05, 0) is 68.7 Å². The number of anilines is 2. The first-order chi connectivity index (χ1) is 22.3. The highest BCUT2D eigenvalue weighted by Crippen LogP contribution is 2.41. The normalized spacial score (nSPS) is 17.7. The van der Waals surface area contributed by atoms with Gasteiger partial charge in [0.25, 0.3) is 0 Å². The van der Waals surface area contributed by atoms with Gasteiger partial charge >= 0.3 is 12.4 Å². The molecule has 0 saturated carbocycles. The Morgan fingerprint density at radius 3 is 2.00 bits per heavy atom. The Labute approximate surface area is 276 Å². The number of carbonyl (C=O) groups excluding carboxylic acids is 2. The van der Waals surface area contributed by atoms with Crippen molar-refractivity contribution in [2.75, 3.05) is 56.1 Å². The lowest BCUT2D eigenvalue weighted by atomic mass is 9.81. The first kappa shape index (κ1) is 35.2. The molecule has 0 spiro atoms. The number of aryl methyl sites for hydroxylation is 2. The van der Waals surface area contributed by atoms with Crippen LogP contribution in [0.2, 0.25) is 0 Å². The van der Waals surface area contributed by atoms with E-state index in [2.05, 4.69) is 9.80 Å². The summed E-state index contributed by atoms with van der Waals surface area (Å²) in [6.45, 7) is 12.2. The molecule has 2 saturated heterocycles. The Morgan fingerprint density at radius 2 is 1.42 bits per heavy atom. The van der Waals surface area contributed by atoms with Gasteiger partial charge < -0.3 is 14.7 Å². The van der Waals surface area contributed by atoms with Gasteiger partial charge in [0, 0.05) is 64.8 Å². The van der Waals surface area contributed by atoms with E-state index in [1.807, 2.05) is 43.0 Å². The van der Waals surface area contributed by atoms with Crippen LogP contribution in [0.5, 0.6) is 0 Å². The molecule has 48 heavy (non-hydrogen) atoms. The maximum atomic E-state index is 14.1. The third-order valence-electron chi connectivity index (χ3n) is 9.51. The van der Waals surface area contributed by atoms with E-state index in [1.165, 1.54) is 32.0 Å². The average molecular weight is 676 g/mol. The first-order valence-corrected chi connectivity index (χ1v) is 15.7. The number of hydrogen-bond donors (Lipinski definition) is 0. The fourth-order valence-electron chi connectivity index (χ4n) is 6.63. The standard InChI is InChI=1S/C35H39F6N5O2/c1-21-7-8-28(22(2)13-21)29-17-31(46-12-10-44-9-11-45(23(3)47)19-27(44)20-46)42-18-30(29)43(6)32(48)33(4,5)24-14-25(34(36,37)38)16-26(15-24)35(39,40)41/h7-8,13-18,27H,9-12,19-20H2,1-6H3. The van der Waals surface area contributed by atoms with E-state index < -0.39 is 40.4 Å². The maximum Gasteiger partial charge on any atom is 0.416 e. The number of halogens is 6. The molecule has 2 amide bonds. The summed E-state index contributed by atoms with van der Waals surface area (Å²) in [6, 6.07) is 9.08. The predicted octanol–water partition coefficient (Wildman–Crippen LogP) is 6.70. The maximum absolute atomic E-state index is 14.1. The van der Waals surface area contributed by atoms with Crippen molar-refractivity contribution in [3.63, 3.8) is 0 Å². The largest absolute Gasteiger partial charge is 0.416 e. The zero-order valence-corrected chi connectivity index (χ0v) is 27.8. The molecule has 3 heterocycles. The minimum atomic E-state index is -5.05. The molecule has 0 radical (unpaired) electrons. The molecule has 3 aromatic rings. The zero-order chi connectivity index (χ0) is 35.3. The molecule has 5 rings (SSSR count). The molecule has 2 aromatic carbocycles. The first-order valence-electron chi connectivity index (χ1n) is 15.7. The van der Waals surface area contributed by atoms with Gasteiger partial charge in [-0.2, -0.15) is 26.3 Å². The molecule has 1 aromatic heterocycles. The van der Waals surface area contributed by atoms with Crippen LogP contribution in [0.4, 0.5) is 37.8 Å². The monoisotopic (exact) mass is 675 g/mol. The van der Waals surface area contributed by atoms with Crippen LogP contribution in [-0.2, 0) is 27.4 Å². The van der Waals surface area contributed by atoms with Crippen molar-refractivity contribution in [2.24, 2.45) is 0 Å². The molecule has 2 aliphatic rings. The molecular weight excluding hydrogens is 636 g/mol. The molecule has 1 atom stereocenters. The summed E-state index contributed by atoms with van der Waals surface area (Å²) in [5.41, 5.74) is -1.44. The van der Waals surface area contributed by atoms with Crippen molar-refractivity contribution < 1.29 is 35.9 Å². The predicted molar refractivity (Wildman–Crippen MR) is 172 cm³/mol. The van der Waals surface area contributed by atoms with E-state index in [4.69, 9.17) is 4.98 Å². The third kappa shape index (κ3) is 7.01. The van der Waals surface area contributed by atoms with E-state index >= 15 is 0 Å². The second-order valence-electron chi connectivity index (χ2n) is 13.3. The highest BCUT2D eigenvalue weighted by atomic mass is 19.4. The Kier molecular flexibility index (Phi) is 9.32. The van der Waals surface area contributed by atoms with Gasteiger partial charge in [0.15, 0.2) is 0 Å². The summed E-state index contributed by atoms with van der Waals surface area (Å²) in [4.78, 5) is 38.5. The Balaban J connectivity index is 1.54. The summed E-state index contributed by atoms with van der Waals surface area (Å²) < 4.78 is 82.2. The second-order valence-corrected chi connectivity index (χ2v) is 13.3. The van der Waals surface area contributed by atoms with Crippen LogP contribution in [0.15, 0.2) is 48.7 Å². The smallest absolute Gasteiger partial charge is 0.354 e. The van der Waals surface area contributed by atoms with Crippen molar-refractivity contribution in [1.82, 2.24) is 14.8 Å². The van der Waals surface area contributed by atoms with E-state index in [0.29, 0.717) is 55.4 Å². The molecule has 0 bridgehead atoms. The van der Waals surface area contributed by atoms with Crippen LogP contribution >= 0.6 is 0 Å². The fourth-order valence-corrected chi connectivity index (χ4v) is 6.63. The van der Waals surface area contributed by atoms with Crippen molar-refractivity contribution in [1.29, 1.82) is 0 Å². The fraction of sp³-hybridized carbons (Fsp3) is 0.457. The number of nitrogens with zero attached hydrogens (tertiary/aromatic N) is 5. The topological polar surface area (TPSA) is 60.0 Å². The van der Waals surface area contributed by atoms with Gasteiger partial charge in [-0.1, -0.05) is 23.8 Å². The molecule has 1 unspecified atom stereocenters. The van der Waals surface area contributed by atoms with Gasteiger partial charge in [0.2, 0.25) is 11.8 Å². The lowest BCUT2D eigenvalue weighted by molar-refractivity contribution is -0.143. The van der Waals surface area contributed by atoms with Crippen molar-refractivity contribution in [2.45, 2.75) is 58.4 Å². The van der Waals surface area contributed by atoms with Crippen LogP contribution in [0.25, 0.3) is 11.1 Å². The van der Waals surface area contributed by atoms with Gasteiger partial charge in [0.05, 0.1) is 28.4 Å². The van der Waals surface area contributed by atoms with Crippen molar-refractivity contribution in [3.8, 4) is 11.1 Å². The number of amides is 2. The molecule has 7 nitrogen and oxygen atoms in total. The van der Waals surface area contributed by atoms with Crippen LogP contribution in [0, 0.1) is 13.8 Å². The molecular formula is C35H39F6N5O2. The van der Waals surface area contributed by atoms with E-state index in [0.717, 1.165) is 29.8 Å². The number of rotatable bonds is 5. The van der Waals surface area contributed by atoms with Crippen molar-refractivity contribution >= 4 is 23.3 Å². The van der Waals surface area contributed by atoms with Crippen LogP contribution < -0.4 is 9.80 Å². The Bertz CT molecular complexity index is 1690. The quantitative estimate of drug-likeness (QED) is 0.282. The molecule has 0 aliphatic carbocycles. The number of benzene rings is 2. The summed E-state index contributed by atoms with van der Waals surface area (Å²) >= 11 is 0. The summed E-state index contributed by atoms with van der Waals surface area (Å²) in [5, 5.41) is 0. The number of likely N-dealkylation sites (N-methyl/N-ethyl adjacent to an activating group) is 1. The second kappa shape index (κ2) is 12.7. The summed E-state index contributed by atoms with van der Waals surface area (Å²) in [7, 11) is 1.45. The molecule has 2 aliphatic heterocycles. The van der Waals surface area contributed by atoms with Crippen LogP contribution in [0.1, 0.15) is 48.6 Å². The number of pyridine rings is 1. The van der Waals surface area contributed by atoms with Gasteiger partial charge in [-0.15, -0.1) is 0 Å². The van der Waals surface area contributed by atoms with Crippen molar-refractivity contribution in [3.05, 3.63) is 76.5 Å². The number of fused-ring (bicyclic) bond motifs is 1. The minimum Gasteiger partial charge on any atom is -0.354 e. The number of hydrogen-bond acceptors (Lipinski definition) is 5. The minimum absolute atomic E-state index is 0.0294. The number of piperazine rings is 2. The highest BCUT2D eigenvalue weighted by Gasteiger charge is 2.41. The Morgan fingerprint density at radius 1 is 0.812 bits per heavy atom. The summed E-state index contributed by atoms with van der Waals surface area (Å²) in [5.74, 6) is -0.0291. The average Bonchev–Trinajstić information content (AvgIpc) is 3.02. The van der Waals surface area contributed by atoms with E-state index in [1.54, 1.807) is 6.92 Å². The van der Waals surface area contributed by atoms with Crippen LogP contribution in [-0.4, -0.2) is 79.0 Å². The molecule has 258 valence electrons. The van der Waals surface area contributed by atoms with Gasteiger partial charge in [-0.25, -0.2) is 4.98 Å². The molecule has 2 fully saturated rings. The SMILES string of the molecule is CC(=O)N1CCN2CCN(c3cc(-c4ccc(C)cc4C)c(N(C)C(=O)C(C)(C)c4cc(C(F)(F)F)cc(C(F)(F)F)c4)cn3)CC2C1. The lowest BCUT2D eigenvalue weighted by Crippen LogP contribution is -2.62. The lowest BCUT2D eigenvalue weighted by Gasteiger charge is -2.47. The van der Waals surface area contributed by atoms with Gasteiger partial charge in [0.1, 0.15) is 5.82 Å². The number of carbonyl (C=O) groups is 2. The Hall–Kier alpha value is -4.13. The van der Waals surface area contributed by atoms with Gasteiger partial charge in [-0.3, -0.25) is 14.5 Å². The number of alkyl halides is 6. The number of aromatic nitrogens is 1. The molecule has 0 N–H and O–H groups in total. The summed E-state index contributed by atoms with van der Waals surface area (Å²) in [6.07, 6.45) is -8.57. The van der Waals surface area contributed by atoms with Crippen LogP contribution in [0.3, 0.4) is 0 Å². The highest BCUT2D eigenvalue weighted by molar-refractivity contribution is 6.03. The zero-order valence-electron chi connectivity index (χ0n) is 27.8. The third-order valence-corrected chi connectivity index (χ3v) is 9.51.